The topological polar surface area (TPSA) is 81.3 Å². The van der Waals surface area contributed by atoms with Crippen molar-refractivity contribution in [3.8, 4) is 11.1 Å². The van der Waals surface area contributed by atoms with Gasteiger partial charge in [0.1, 0.15) is 17.3 Å². The molecule has 0 atom stereocenters. The maximum atomic E-state index is 11.3. The molecule has 7 heteroatoms. The molecule has 124 valence electrons. The molecule has 0 radical (unpaired) electrons. The number of rotatable bonds is 6. The van der Waals surface area contributed by atoms with Crippen LogP contribution in [0.5, 0.6) is 0 Å². The number of aromatic nitrogens is 2. The Morgan fingerprint density at radius 3 is 2.71 bits per heavy atom. The predicted molar refractivity (Wildman–Crippen MR) is 96.0 cm³/mol. The van der Waals surface area contributed by atoms with Crippen molar-refractivity contribution in [1.82, 2.24) is 9.97 Å². The maximum absolute atomic E-state index is 11.3. The Morgan fingerprint density at radius 1 is 1.29 bits per heavy atom. The normalized spacial score (nSPS) is 10.9. The van der Waals surface area contributed by atoms with E-state index in [1.807, 2.05) is 30.3 Å². The Morgan fingerprint density at radius 2 is 2.04 bits per heavy atom. The number of hydrogen-bond acceptors (Lipinski definition) is 6. The highest BCUT2D eigenvalue weighted by Crippen LogP contribution is 2.38. The van der Waals surface area contributed by atoms with E-state index < -0.39 is 5.91 Å². The number of primary amides is 1. The zero-order valence-corrected chi connectivity index (χ0v) is 14.3. The van der Waals surface area contributed by atoms with Crippen LogP contribution in [0.15, 0.2) is 35.7 Å². The Labute approximate surface area is 143 Å². The fraction of sp³-hybridized carbons (Fsp3) is 0.235. The second-order valence-electron chi connectivity index (χ2n) is 5.41. The summed E-state index contributed by atoms with van der Waals surface area (Å²) in [6.45, 7) is 0.397. The molecule has 3 rings (SSSR count). The van der Waals surface area contributed by atoms with Gasteiger partial charge in [0.05, 0.1) is 11.9 Å². The van der Waals surface area contributed by atoms with Crippen molar-refractivity contribution in [3.63, 3.8) is 0 Å². The smallest absolute Gasteiger partial charge is 0.236 e. The Hall–Kier alpha value is -2.51. The van der Waals surface area contributed by atoms with Crippen molar-refractivity contribution < 1.29 is 9.53 Å². The number of thiophene rings is 1. The van der Waals surface area contributed by atoms with Crippen molar-refractivity contribution in [3.05, 3.63) is 41.5 Å². The van der Waals surface area contributed by atoms with Crippen molar-refractivity contribution in [2.24, 2.45) is 5.73 Å². The number of methoxy groups -OCH3 is 1. The Balaban J connectivity index is 2.20. The number of carbonyl (C=O) groups is 1. The fourth-order valence-electron chi connectivity index (χ4n) is 2.58. The van der Waals surface area contributed by atoms with E-state index in [0.29, 0.717) is 18.2 Å². The van der Waals surface area contributed by atoms with E-state index in [4.69, 9.17) is 10.5 Å². The first-order valence-electron chi connectivity index (χ1n) is 7.42. The molecule has 0 spiro atoms. The number of amides is 1. The molecule has 0 bridgehead atoms. The first kappa shape index (κ1) is 16.4. The monoisotopic (exact) mass is 342 g/mol. The average molecular weight is 342 g/mol. The SMILES string of the molecule is COCc1nc(N(C)CC(N)=O)c2c(-c3ccccc3)csc2n1. The van der Waals surface area contributed by atoms with Gasteiger partial charge in [0.15, 0.2) is 5.82 Å². The number of anilines is 1. The maximum Gasteiger partial charge on any atom is 0.236 e. The second kappa shape index (κ2) is 6.94. The molecular formula is C17H18N4O2S. The van der Waals surface area contributed by atoms with Gasteiger partial charge in [0.25, 0.3) is 0 Å². The summed E-state index contributed by atoms with van der Waals surface area (Å²) < 4.78 is 5.15. The molecule has 2 heterocycles. The van der Waals surface area contributed by atoms with E-state index in [2.05, 4.69) is 15.3 Å². The van der Waals surface area contributed by atoms with E-state index in [0.717, 1.165) is 21.3 Å². The third-order valence-electron chi connectivity index (χ3n) is 3.57. The number of likely N-dealkylation sites (N-methyl/N-ethyl adjacent to an activating group) is 1. The van der Waals surface area contributed by atoms with Crippen LogP contribution in [0.3, 0.4) is 0 Å². The predicted octanol–water partition coefficient (Wildman–Crippen LogP) is 2.43. The molecular weight excluding hydrogens is 324 g/mol. The van der Waals surface area contributed by atoms with Crippen molar-refractivity contribution >= 4 is 33.3 Å². The molecule has 2 aromatic heterocycles. The summed E-state index contributed by atoms with van der Waals surface area (Å²) in [7, 11) is 3.40. The van der Waals surface area contributed by atoms with Gasteiger partial charge in [-0.05, 0) is 5.56 Å². The molecule has 3 aromatic rings. The Bertz CT molecular complexity index is 864. The van der Waals surface area contributed by atoms with Crippen LogP contribution in [-0.4, -0.2) is 36.6 Å². The average Bonchev–Trinajstić information content (AvgIpc) is 2.98. The standard InChI is InChI=1S/C17H18N4O2S/c1-21(8-13(18)22)16-15-12(11-6-4-3-5-7-11)10-24-17(15)20-14(19-16)9-23-2/h3-7,10H,8-9H2,1-2H3,(H2,18,22). The Kier molecular flexibility index (Phi) is 4.73. The quantitative estimate of drug-likeness (QED) is 0.744. The minimum atomic E-state index is -0.408. The van der Waals surface area contributed by atoms with Crippen LogP contribution in [0.4, 0.5) is 5.82 Å². The molecule has 0 aliphatic carbocycles. The van der Waals surface area contributed by atoms with Crippen molar-refractivity contribution in [2.45, 2.75) is 6.61 Å². The lowest BCUT2D eigenvalue weighted by Gasteiger charge is -2.18. The first-order valence-corrected chi connectivity index (χ1v) is 8.30. The van der Waals surface area contributed by atoms with Crippen LogP contribution < -0.4 is 10.6 Å². The van der Waals surface area contributed by atoms with Gasteiger partial charge in [-0.25, -0.2) is 9.97 Å². The first-order chi connectivity index (χ1) is 11.6. The van der Waals surface area contributed by atoms with Gasteiger partial charge in [-0.3, -0.25) is 4.79 Å². The molecule has 0 unspecified atom stereocenters. The largest absolute Gasteiger partial charge is 0.377 e. The summed E-state index contributed by atoms with van der Waals surface area (Å²) in [6.07, 6.45) is 0. The third-order valence-corrected chi connectivity index (χ3v) is 4.45. The fourth-order valence-corrected chi connectivity index (χ4v) is 3.54. The van der Waals surface area contributed by atoms with E-state index in [1.165, 1.54) is 0 Å². The van der Waals surface area contributed by atoms with Crippen LogP contribution in [0, 0.1) is 0 Å². The summed E-state index contributed by atoms with van der Waals surface area (Å²) in [6, 6.07) is 10.0. The molecule has 0 saturated heterocycles. The van der Waals surface area contributed by atoms with Crippen molar-refractivity contribution in [2.75, 3.05) is 25.6 Å². The molecule has 0 aliphatic rings. The summed E-state index contributed by atoms with van der Waals surface area (Å²) in [5.74, 6) is 0.859. The second-order valence-corrected chi connectivity index (χ2v) is 6.27. The third kappa shape index (κ3) is 3.22. The lowest BCUT2D eigenvalue weighted by molar-refractivity contribution is -0.116. The van der Waals surface area contributed by atoms with Gasteiger partial charge in [-0.15, -0.1) is 11.3 Å². The van der Waals surface area contributed by atoms with E-state index in [9.17, 15) is 4.79 Å². The number of nitrogens with zero attached hydrogens (tertiary/aromatic N) is 3. The highest BCUT2D eigenvalue weighted by molar-refractivity contribution is 7.17. The summed E-state index contributed by atoms with van der Waals surface area (Å²) in [5, 5.41) is 2.99. The van der Waals surface area contributed by atoms with Crippen LogP contribution in [0.25, 0.3) is 21.3 Å². The molecule has 2 N–H and O–H groups in total. The van der Waals surface area contributed by atoms with Crippen LogP contribution in [-0.2, 0) is 16.1 Å². The van der Waals surface area contributed by atoms with Gasteiger partial charge in [-0.1, -0.05) is 30.3 Å². The van der Waals surface area contributed by atoms with Crippen LogP contribution in [0.1, 0.15) is 5.82 Å². The molecule has 6 nitrogen and oxygen atoms in total. The summed E-state index contributed by atoms with van der Waals surface area (Å²) in [5.41, 5.74) is 7.48. The van der Waals surface area contributed by atoms with Crippen LogP contribution >= 0.6 is 11.3 Å². The number of carbonyl (C=O) groups excluding carboxylic acids is 1. The molecule has 24 heavy (non-hydrogen) atoms. The number of ether oxygens (including phenoxy) is 1. The van der Waals surface area contributed by atoms with Gasteiger partial charge in [0, 0.05) is 25.1 Å². The summed E-state index contributed by atoms with van der Waals surface area (Å²) >= 11 is 1.55. The van der Waals surface area contributed by atoms with E-state index in [-0.39, 0.29) is 6.54 Å². The molecule has 1 amide bonds. The number of hydrogen-bond donors (Lipinski definition) is 1. The number of fused-ring (bicyclic) bond motifs is 1. The van der Waals surface area contributed by atoms with Gasteiger partial charge >= 0.3 is 0 Å². The molecule has 0 aliphatic heterocycles. The highest BCUT2D eigenvalue weighted by atomic mass is 32.1. The lowest BCUT2D eigenvalue weighted by atomic mass is 10.1. The van der Waals surface area contributed by atoms with Crippen LogP contribution in [0.2, 0.25) is 0 Å². The lowest BCUT2D eigenvalue weighted by Crippen LogP contribution is -2.31. The minimum absolute atomic E-state index is 0.0859. The molecule has 0 fully saturated rings. The minimum Gasteiger partial charge on any atom is -0.377 e. The van der Waals surface area contributed by atoms with Crippen molar-refractivity contribution in [1.29, 1.82) is 0 Å². The van der Waals surface area contributed by atoms with Gasteiger partial charge in [0.2, 0.25) is 5.91 Å². The van der Waals surface area contributed by atoms with E-state index >= 15 is 0 Å². The zero-order chi connectivity index (χ0) is 17.1. The number of benzene rings is 1. The van der Waals surface area contributed by atoms with E-state index in [1.54, 1.807) is 30.4 Å². The summed E-state index contributed by atoms with van der Waals surface area (Å²) in [4.78, 5) is 23.1. The zero-order valence-electron chi connectivity index (χ0n) is 13.5. The van der Waals surface area contributed by atoms with Gasteiger partial charge in [-0.2, -0.15) is 0 Å². The van der Waals surface area contributed by atoms with Gasteiger partial charge < -0.3 is 15.4 Å². The highest BCUT2D eigenvalue weighted by Gasteiger charge is 2.18. The molecule has 0 saturated carbocycles. The number of nitrogens with two attached hydrogens (primary N) is 1. The molecule has 1 aromatic carbocycles.